The molecule has 1 atom stereocenters. The lowest BCUT2D eigenvalue weighted by molar-refractivity contribution is -0.131. The topological polar surface area (TPSA) is 85.9 Å². The van der Waals surface area contributed by atoms with Gasteiger partial charge in [0.15, 0.2) is 0 Å². The van der Waals surface area contributed by atoms with Crippen LogP contribution in [0, 0.1) is 26.7 Å². The summed E-state index contributed by atoms with van der Waals surface area (Å²) < 4.78 is 17.4. The Labute approximate surface area is 234 Å². The number of carbonyl (C=O) groups is 2. The molecule has 0 unspecified atom stereocenters. The van der Waals surface area contributed by atoms with E-state index < -0.39 is 6.04 Å². The average Bonchev–Trinajstić information content (AvgIpc) is 3.45. The molecule has 7 nitrogen and oxygen atoms in total. The van der Waals surface area contributed by atoms with E-state index in [1.165, 1.54) is 0 Å². The van der Waals surface area contributed by atoms with Crippen molar-refractivity contribution in [3.05, 3.63) is 52.1 Å². The SMILES string of the molecule is COc1c(C)c(C)c(OC)c(CCCOc2ccc(C[C@H](NC(=O)C3CCCC3)C(=O)NC(C)C)cc2)c1C. The third-order valence-corrected chi connectivity index (χ3v) is 7.71. The molecule has 0 saturated heterocycles. The molecule has 7 heteroatoms. The number of ether oxygens (including phenoxy) is 3. The van der Waals surface area contributed by atoms with Gasteiger partial charge < -0.3 is 24.8 Å². The Morgan fingerprint density at radius 2 is 1.51 bits per heavy atom. The molecule has 2 aromatic carbocycles. The first-order valence-corrected chi connectivity index (χ1v) is 14.2. The first kappa shape index (κ1) is 30.3. The van der Waals surface area contributed by atoms with E-state index in [1.807, 2.05) is 38.1 Å². The van der Waals surface area contributed by atoms with Gasteiger partial charge in [-0.25, -0.2) is 0 Å². The highest BCUT2D eigenvalue weighted by molar-refractivity contribution is 5.89. The summed E-state index contributed by atoms with van der Waals surface area (Å²) in [7, 11) is 3.42. The Kier molecular flexibility index (Phi) is 11.1. The first-order chi connectivity index (χ1) is 18.7. The van der Waals surface area contributed by atoms with Crippen LogP contribution in [0.5, 0.6) is 17.2 Å². The number of nitrogens with one attached hydrogen (secondary N) is 2. The van der Waals surface area contributed by atoms with Crippen LogP contribution < -0.4 is 24.8 Å². The molecular weight excluding hydrogens is 492 g/mol. The van der Waals surface area contributed by atoms with E-state index in [-0.39, 0.29) is 23.8 Å². The van der Waals surface area contributed by atoms with E-state index in [0.29, 0.717) is 13.0 Å². The molecule has 214 valence electrons. The van der Waals surface area contributed by atoms with Crippen LogP contribution in [0.2, 0.25) is 0 Å². The maximum atomic E-state index is 12.8. The number of hydrogen-bond acceptors (Lipinski definition) is 5. The van der Waals surface area contributed by atoms with E-state index >= 15 is 0 Å². The maximum absolute atomic E-state index is 12.8. The standard InChI is InChI=1S/C32H46N2O5/c1-20(2)33-32(36)28(34-31(35)25-11-8-9-12-25)19-24-14-16-26(17-15-24)39-18-10-13-27-23(5)29(37-6)21(3)22(4)30(27)38-7/h14-17,20,25,28H,8-13,18-19H2,1-7H3,(H,33,36)(H,34,35)/t28-/m0/s1. The third-order valence-electron chi connectivity index (χ3n) is 7.71. The molecule has 0 spiro atoms. The summed E-state index contributed by atoms with van der Waals surface area (Å²) in [5, 5.41) is 5.96. The predicted molar refractivity (Wildman–Crippen MR) is 155 cm³/mol. The van der Waals surface area contributed by atoms with Crippen LogP contribution in [0.25, 0.3) is 0 Å². The van der Waals surface area contributed by atoms with Gasteiger partial charge in [-0.05, 0) is 94.7 Å². The Bertz CT molecular complexity index is 1120. The van der Waals surface area contributed by atoms with Crippen LogP contribution in [-0.2, 0) is 22.4 Å². The van der Waals surface area contributed by atoms with Gasteiger partial charge in [0, 0.05) is 23.9 Å². The van der Waals surface area contributed by atoms with Gasteiger partial charge in [-0.2, -0.15) is 0 Å². The molecule has 2 aromatic rings. The molecule has 0 aliphatic heterocycles. The molecule has 2 amide bonds. The van der Waals surface area contributed by atoms with E-state index in [4.69, 9.17) is 14.2 Å². The van der Waals surface area contributed by atoms with Crippen molar-refractivity contribution in [1.29, 1.82) is 0 Å². The minimum atomic E-state index is -0.597. The van der Waals surface area contributed by atoms with Crippen molar-refractivity contribution in [1.82, 2.24) is 10.6 Å². The minimum Gasteiger partial charge on any atom is -0.496 e. The molecule has 1 aliphatic rings. The van der Waals surface area contributed by atoms with Gasteiger partial charge in [-0.3, -0.25) is 9.59 Å². The van der Waals surface area contributed by atoms with Gasteiger partial charge in [0.05, 0.1) is 20.8 Å². The number of methoxy groups -OCH3 is 2. The number of hydrogen-bond donors (Lipinski definition) is 2. The van der Waals surface area contributed by atoms with Crippen molar-refractivity contribution in [2.75, 3.05) is 20.8 Å². The van der Waals surface area contributed by atoms with Gasteiger partial charge >= 0.3 is 0 Å². The van der Waals surface area contributed by atoms with E-state index in [2.05, 4.69) is 31.4 Å². The summed E-state index contributed by atoms with van der Waals surface area (Å²) in [4.78, 5) is 25.6. The molecule has 1 saturated carbocycles. The second kappa shape index (κ2) is 14.2. The highest BCUT2D eigenvalue weighted by Crippen LogP contribution is 2.38. The van der Waals surface area contributed by atoms with Crippen LogP contribution in [0.15, 0.2) is 24.3 Å². The number of carbonyl (C=O) groups excluding carboxylic acids is 2. The first-order valence-electron chi connectivity index (χ1n) is 14.2. The fourth-order valence-electron chi connectivity index (χ4n) is 5.51. The highest BCUT2D eigenvalue weighted by atomic mass is 16.5. The normalized spacial score (nSPS) is 14.3. The Balaban J connectivity index is 1.58. The van der Waals surface area contributed by atoms with Crippen LogP contribution in [-0.4, -0.2) is 44.7 Å². The molecular formula is C32H46N2O5. The summed E-state index contributed by atoms with van der Waals surface area (Å²) in [6.45, 7) is 10.6. The molecule has 0 aromatic heterocycles. The lowest BCUT2D eigenvalue weighted by Gasteiger charge is -2.22. The molecule has 0 heterocycles. The second-order valence-electron chi connectivity index (χ2n) is 10.9. The zero-order chi connectivity index (χ0) is 28.5. The Hall–Kier alpha value is -3.22. The van der Waals surface area contributed by atoms with Crippen molar-refractivity contribution < 1.29 is 23.8 Å². The van der Waals surface area contributed by atoms with Crippen LogP contribution in [0.1, 0.15) is 73.8 Å². The largest absolute Gasteiger partial charge is 0.496 e. The van der Waals surface area contributed by atoms with Crippen molar-refractivity contribution in [3.8, 4) is 17.2 Å². The molecule has 0 radical (unpaired) electrons. The molecule has 2 N–H and O–H groups in total. The van der Waals surface area contributed by atoms with Crippen molar-refractivity contribution >= 4 is 11.8 Å². The Morgan fingerprint density at radius 1 is 0.897 bits per heavy atom. The summed E-state index contributed by atoms with van der Waals surface area (Å²) in [5.41, 5.74) is 5.44. The minimum absolute atomic E-state index is 0.00725. The molecule has 3 rings (SSSR count). The molecule has 39 heavy (non-hydrogen) atoms. The lowest BCUT2D eigenvalue weighted by Crippen LogP contribution is -2.50. The third kappa shape index (κ3) is 7.90. The molecule has 1 fully saturated rings. The predicted octanol–water partition coefficient (Wildman–Crippen LogP) is 5.38. The average molecular weight is 539 g/mol. The summed E-state index contributed by atoms with van der Waals surface area (Å²) >= 11 is 0. The Morgan fingerprint density at radius 3 is 2.10 bits per heavy atom. The highest BCUT2D eigenvalue weighted by Gasteiger charge is 2.28. The summed E-state index contributed by atoms with van der Waals surface area (Å²) in [6, 6.07) is 7.20. The van der Waals surface area contributed by atoms with Crippen molar-refractivity contribution in [3.63, 3.8) is 0 Å². The zero-order valence-electron chi connectivity index (χ0n) is 24.7. The van der Waals surface area contributed by atoms with Gasteiger partial charge in [0.1, 0.15) is 23.3 Å². The van der Waals surface area contributed by atoms with E-state index in [9.17, 15) is 9.59 Å². The van der Waals surface area contributed by atoms with Crippen LogP contribution >= 0.6 is 0 Å². The van der Waals surface area contributed by atoms with Crippen LogP contribution in [0.4, 0.5) is 0 Å². The molecule has 1 aliphatic carbocycles. The lowest BCUT2D eigenvalue weighted by atomic mass is 9.94. The van der Waals surface area contributed by atoms with Crippen molar-refractivity contribution in [2.45, 2.75) is 91.6 Å². The molecule has 0 bridgehead atoms. The fraction of sp³-hybridized carbons (Fsp3) is 0.562. The van der Waals surface area contributed by atoms with Gasteiger partial charge in [-0.15, -0.1) is 0 Å². The number of amides is 2. The number of benzene rings is 2. The van der Waals surface area contributed by atoms with Gasteiger partial charge in [0.25, 0.3) is 0 Å². The van der Waals surface area contributed by atoms with Crippen molar-refractivity contribution in [2.24, 2.45) is 5.92 Å². The smallest absolute Gasteiger partial charge is 0.243 e. The second-order valence-corrected chi connectivity index (χ2v) is 10.9. The van der Waals surface area contributed by atoms with Gasteiger partial charge in [-0.1, -0.05) is 25.0 Å². The monoisotopic (exact) mass is 538 g/mol. The number of rotatable bonds is 13. The van der Waals surface area contributed by atoms with E-state index in [1.54, 1.807) is 14.2 Å². The summed E-state index contributed by atoms with van der Waals surface area (Å²) in [5.74, 6) is 2.47. The maximum Gasteiger partial charge on any atom is 0.243 e. The van der Waals surface area contributed by atoms with Gasteiger partial charge in [0.2, 0.25) is 11.8 Å². The quantitative estimate of drug-likeness (QED) is 0.334. The summed E-state index contributed by atoms with van der Waals surface area (Å²) in [6.07, 6.45) is 6.04. The van der Waals surface area contributed by atoms with E-state index in [0.717, 1.165) is 83.6 Å². The fourth-order valence-corrected chi connectivity index (χ4v) is 5.51. The zero-order valence-corrected chi connectivity index (χ0v) is 24.7. The van der Waals surface area contributed by atoms with Crippen LogP contribution in [0.3, 0.4) is 0 Å².